The fourth-order valence-corrected chi connectivity index (χ4v) is 4.17. The van der Waals surface area contributed by atoms with E-state index in [1.54, 1.807) is 0 Å². The van der Waals surface area contributed by atoms with Crippen molar-refractivity contribution in [2.24, 2.45) is 11.3 Å². The van der Waals surface area contributed by atoms with Gasteiger partial charge in [-0.25, -0.2) is 0 Å². The standard InChI is InChI=1S/C15H21N/c1-14(2)11-15(8-6-12(14)7-9-15)13-5-3-4-10-16-13/h3-5,10,12H,6-9,11H2,1-2H3. The molecule has 0 radical (unpaired) electrons. The van der Waals surface area contributed by atoms with Crippen LogP contribution in [0.25, 0.3) is 0 Å². The second-order valence-electron chi connectivity index (χ2n) is 6.43. The number of rotatable bonds is 1. The highest BCUT2D eigenvalue weighted by atomic mass is 14.7. The Morgan fingerprint density at radius 2 is 1.94 bits per heavy atom. The molecule has 0 atom stereocenters. The van der Waals surface area contributed by atoms with Crippen molar-refractivity contribution in [2.75, 3.05) is 0 Å². The predicted octanol–water partition coefficient (Wildman–Crippen LogP) is 3.94. The van der Waals surface area contributed by atoms with Crippen LogP contribution < -0.4 is 0 Å². The molecule has 0 N–H and O–H groups in total. The normalized spacial score (nSPS) is 36.2. The maximum atomic E-state index is 4.64. The van der Waals surface area contributed by atoms with Gasteiger partial charge in [-0.15, -0.1) is 0 Å². The molecule has 1 aromatic heterocycles. The summed E-state index contributed by atoms with van der Waals surface area (Å²) in [5.41, 5.74) is 2.27. The molecule has 2 bridgehead atoms. The molecule has 1 heterocycles. The van der Waals surface area contributed by atoms with Crippen molar-refractivity contribution >= 4 is 0 Å². The Balaban J connectivity index is 1.99. The molecule has 0 aliphatic heterocycles. The van der Waals surface area contributed by atoms with Crippen LogP contribution in [0.15, 0.2) is 24.4 Å². The van der Waals surface area contributed by atoms with Crippen LogP contribution in [0.3, 0.4) is 0 Å². The van der Waals surface area contributed by atoms with E-state index >= 15 is 0 Å². The van der Waals surface area contributed by atoms with E-state index in [1.165, 1.54) is 37.8 Å². The summed E-state index contributed by atoms with van der Waals surface area (Å²) in [6.45, 7) is 4.90. The number of nitrogens with zero attached hydrogens (tertiary/aromatic N) is 1. The fourth-order valence-electron chi connectivity index (χ4n) is 4.17. The maximum Gasteiger partial charge on any atom is 0.0465 e. The van der Waals surface area contributed by atoms with E-state index in [0.717, 1.165) is 5.92 Å². The molecule has 1 aromatic rings. The first-order valence-electron chi connectivity index (χ1n) is 6.54. The van der Waals surface area contributed by atoms with Gasteiger partial charge in [0, 0.05) is 17.3 Å². The zero-order valence-corrected chi connectivity index (χ0v) is 10.4. The third-order valence-electron chi connectivity index (χ3n) is 5.05. The molecule has 0 saturated heterocycles. The monoisotopic (exact) mass is 215 g/mol. The quantitative estimate of drug-likeness (QED) is 0.691. The summed E-state index contributed by atoms with van der Waals surface area (Å²) in [6.07, 6.45) is 8.82. The van der Waals surface area contributed by atoms with Crippen LogP contribution in [0.1, 0.15) is 51.6 Å². The van der Waals surface area contributed by atoms with Gasteiger partial charge in [0.15, 0.2) is 0 Å². The van der Waals surface area contributed by atoms with Crippen molar-refractivity contribution in [1.82, 2.24) is 4.98 Å². The van der Waals surface area contributed by atoms with E-state index in [2.05, 4.69) is 31.0 Å². The van der Waals surface area contributed by atoms with Gasteiger partial charge in [0.2, 0.25) is 0 Å². The van der Waals surface area contributed by atoms with Crippen molar-refractivity contribution in [2.45, 2.75) is 51.4 Å². The first kappa shape index (κ1) is 10.3. The van der Waals surface area contributed by atoms with Crippen LogP contribution in [-0.2, 0) is 5.41 Å². The Bertz CT molecular complexity index is 372. The van der Waals surface area contributed by atoms with Gasteiger partial charge in [-0.1, -0.05) is 19.9 Å². The molecule has 1 nitrogen and oxygen atoms in total. The molecule has 4 rings (SSSR count). The molecule has 3 fully saturated rings. The lowest BCUT2D eigenvalue weighted by Gasteiger charge is -2.55. The third-order valence-corrected chi connectivity index (χ3v) is 5.05. The highest BCUT2D eigenvalue weighted by Gasteiger charge is 2.50. The summed E-state index contributed by atoms with van der Waals surface area (Å²) in [4.78, 5) is 4.64. The van der Waals surface area contributed by atoms with E-state index in [0.29, 0.717) is 10.8 Å². The van der Waals surface area contributed by atoms with Crippen LogP contribution >= 0.6 is 0 Å². The summed E-state index contributed by atoms with van der Waals surface area (Å²) < 4.78 is 0. The molecule has 0 amide bonds. The summed E-state index contributed by atoms with van der Waals surface area (Å²) >= 11 is 0. The van der Waals surface area contributed by atoms with Crippen LogP contribution in [0.4, 0.5) is 0 Å². The molecular weight excluding hydrogens is 194 g/mol. The van der Waals surface area contributed by atoms with E-state index in [-0.39, 0.29) is 0 Å². The minimum Gasteiger partial charge on any atom is -0.261 e. The van der Waals surface area contributed by atoms with Gasteiger partial charge in [0.1, 0.15) is 0 Å². The number of hydrogen-bond donors (Lipinski definition) is 0. The average Bonchev–Trinajstić information content (AvgIpc) is 2.30. The van der Waals surface area contributed by atoms with Gasteiger partial charge >= 0.3 is 0 Å². The molecule has 16 heavy (non-hydrogen) atoms. The second-order valence-corrected chi connectivity index (χ2v) is 6.43. The Kier molecular flexibility index (Phi) is 2.14. The Hall–Kier alpha value is -0.850. The zero-order valence-electron chi connectivity index (χ0n) is 10.4. The second kappa shape index (κ2) is 3.32. The van der Waals surface area contributed by atoms with Crippen LogP contribution in [0, 0.1) is 11.3 Å². The Labute approximate surface area is 98.3 Å². The number of aromatic nitrogens is 1. The van der Waals surface area contributed by atoms with Gasteiger partial charge in [0.05, 0.1) is 0 Å². The topological polar surface area (TPSA) is 12.9 Å². The summed E-state index contributed by atoms with van der Waals surface area (Å²) in [5, 5.41) is 0. The molecule has 0 spiro atoms. The summed E-state index contributed by atoms with van der Waals surface area (Å²) in [5.74, 6) is 0.957. The van der Waals surface area contributed by atoms with Crippen molar-refractivity contribution in [1.29, 1.82) is 0 Å². The summed E-state index contributed by atoms with van der Waals surface area (Å²) in [6, 6.07) is 6.41. The van der Waals surface area contributed by atoms with E-state index in [1.807, 2.05) is 12.3 Å². The minimum atomic E-state index is 0.402. The first-order valence-corrected chi connectivity index (χ1v) is 6.54. The van der Waals surface area contributed by atoms with E-state index in [4.69, 9.17) is 0 Å². The van der Waals surface area contributed by atoms with Gasteiger partial charge in [0.25, 0.3) is 0 Å². The maximum absolute atomic E-state index is 4.64. The molecule has 0 aromatic carbocycles. The molecule has 3 aliphatic carbocycles. The van der Waals surface area contributed by atoms with Crippen molar-refractivity contribution in [3.05, 3.63) is 30.1 Å². The number of pyridine rings is 1. The lowest BCUT2D eigenvalue weighted by molar-refractivity contribution is 0.00487. The SMILES string of the molecule is CC1(C)CC2(c3ccccn3)CCC1CC2. The fraction of sp³-hybridized carbons (Fsp3) is 0.667. The average molecular weight is 215 g/mol. The molecule has 1 heteroatoms. The first-order chi connectivity index (χ1) is 7.62. The van der Waals surface area contributed by atoms with Crippen LogP contribution in [-0.4, -0.2) is 4.98 Å². The molecule has 3 saturated carbocycles. The van der Waals surface area contributed by atoms with Crippen molar-refractivity contribution in [3.8, 4) is 0 Å². The third kappa shape index (κ3) is 1.41. The number of fused-ring (bicyclic) bond motifs is 3. The molecular formula is C15H21N. The Morgan fingerprint density at radius 3 is 2.50 bits per heavy atom. The highest BCUT2D eigenvalue weighted by molar-refractivity contribution is 5.22. The van der Waals surface area contributed by atoms with Crippen LogP contribution in [0.2, 0.25) is 0 Å². The number of hydrogen-bond acceptors (Lipinski definition) is 1. The largest absolute Gasteiger partial charge is 0.261 e. The lowest BCUT2D eigenvalue weighted by atomic mass is 9.50. The van der Waals surface area contributed by atoms with Crippen molar-refractivity contribution < 1.29 is 0 Å². The Morgan fingerprint density at radius 1 is 1.19 bits per heavy atom. The van der Waals surface area contributed by atoms with Crippen LogP contribution in [0.5, 0.6) is 0 Å². The molecule has 0 unspecified atom stereocenters. The van der Waals surface area contributed by atoms with Gasteiger partial charge in [-0.3, -0.25) is 4.98 Å². The molecule has 3 aliphatic rings. The molecule has 86 valence electrons. The minimum absolute atomic E-state index is 0.402. The van der Waals surface area contributed by atoms with Gasteiger partial charge in [-0.05, 0) is 55.6 Å². The highest BCUT2D eigenvalue weighted by Crippen LogP contribution is 2.58. The lowest BCUT2D eigenvalue weighted by Crippen LogP contribution is -2.47. The summed E-state index contributed by atoms with van der Waals surface area (Å²) in [7, 11) is 0. The van der Waals surface area contributed by atoms with Gasteiger partial charge < -0.3 is 0 Å². The van der Waals surface area contributed by atoms with E-state index < -0.39 is 0 Å². The zero-order chi connectivity index (χ0) is 11.2. The predicted molar refractivity (Wildman–Crippen MR) is 66.3 cm³/mol. The van der Waals surface area contributed by atoms with E-state index in [9.17, 15) is 0 Å². The smallest absolute Gasteiger partial charge is 0.0465 e. The van der Waals surface area contributed by atoms with Gasteiger partial charge in [-0.2, -0.15) is 0 Å². The van der Waals surface area contributed by atoms with Crippen molar-refractivity contribution in [3.63, 3.8) is 0 Å².